The summed E-state index contributed by atoms with van der Waals surface area (Å²) in [7, 11) is 0. The first-order valence-electron chi connectivity index (χ1n) is 6.56. The zero-order chi connectivity index (χ0) is 17.3. The lowest BCUT2D eigenvalue weighted by molar-refractivity contribution is -0.274. The van der Waals surface area contributed by atoms with Gasteiger partial charge in [0.05, 0.1) is 12.2 Å². The highest BCUT2D eigenvalue weighted by molar-refractivity contribution is 5.79. The molecule has 9 heteroatoms. The molecule has 0 amide bonds. The molecular formula is C14H14F3N3O3. The number of alkyl halides is 3. The lowest BCUT2D eigenvalue weighted by atomic mass is 9.90. The number of aromatic nitrogens is 3. The second-order valence-corrected chi connectivity index (χ2v) is 5.42. The van der Waals surface area contributed by atoms with E-state index in [0.29, 0.717) is 11.3 Å². The maximum absolute atomic E-state index is 12.1. The van der Waals surface area contributed by atoms with Gasteiger partial charge in [-0.05, 0) is 31.5 Å². The van der Waals surface area contributed by atoms with Crippen LogP contribution in [-0.2, 0) is 16.8 Å². The summed E-state index contributed by atoms with van der Waals surface area (Å²) in [5.41, 5.74) is -0.214. The van der Waals surface area contributed by atoms with E-state index < -0.39 is 17.7 Å². The molecule has 0 fully saturated rings. The third kappa shape index (κ3) is 4.21. The van der Waals surface area contributed by atoms with E-state index in [2.05, 4.69) is 15.0 Å². The van der Waals surface area contributed by atoms with Gasteiger partial charge in [-0.15, -0.1) is 18.3 Å². The molecule has 0 atom stereocenters. The molecule has 6 nitrogen and oxygen atoms in total. The van der Waals surface area contributed by atoms with Crippen molar-refractivity contribution in [2.75, 3.05) is 0 Å². The van der Waals surface area contributed by atoms with Crippen LogP contribution in [0.4, 0.5) is 13.2 Å². The zero-order valence-electron chi connectivity index (χ0n) is 12.3. The van der Waals surface area contributed by atoms with Gasteiger partial charge < -0.3 is 9.84 Å². The van der Waals surface area contributed by atoms with E-state index in [-0.39, 0.29) is 12.3 Å². The highest BCUT2D eigenvalue weighted by atomic mass is 19.4. The molecule has 124 valence electrons. The quantitative estimate of drug-likeness (QED) is 0.912. The van der Waals surface area contributed by atoms with Crippen LogP contribution in [0.1, 0.15) is 25.1 Å². The van der Waals surface area contributed by atoms with Gasteiger partial charge in [0.2, 0.25) is 0 Å². The van der Waals surface area contributed by atoms with Crippen molar-refractivity contribution < 1.29 is 27.8 Å². The van der Waals surface area contributed by atoms with Crippen LogP contribution < -0.4 is 4.74 Å². The third-order valence-electron chi connectivity index (χ3n) is 3.22. The van der Waals surface area contributed by atoms with Crippen molar-refractivity contribution in [2.45, 2.75) is 32.2 Å². The second-order valence-electron chi connectivity index (χ2n) is 5.42. The van der Waals surface area contributed by atoms with Crippen molar-refractivity contribution >= 4 is 5.97 Å². The monoisotopic (exact) mass is 329 g/mol. The Bertz CT molecular complexity index is 693. The van der Waals surface area contributed by atoms with Gasteiger partial charge >= 0.3 is 12.3 Å². The Morgan fingerprint density at radius 2 is 1.87 bits per heavy atom. The van der Waals surface area contributed by atoms with Crippen molar-refractivity contribution in [1.82, 2.24) is 15.0 Å². The summed E-state index contributed by atoms with van der Waals surface area (Å²) >= 11 is 0. The molecular weight excluding hydrogens is 315 g/mol. The number of hydrogen-bond acceptors (Lipinski definition) is 4. The molecule has 0 saturated carbocycles. The summed E-state index contributed by atoms with van der Waals surface area (Å²) in [6.07, 6.45) is -3.24. The van der Waals surface area contributed by atoms with Crippen molar-refractivity contribution in [3.8, 4) is 5.75 Å². The first kappa shape index (κ1) is 16.8. The second kappa shape index (κ2) is 5.90. The van der Waals surface area contributed by atoms with Gasteiger partial charge in [0.25, 0.3) is 0 Å². The summed E-state index contributed by atoms with van der Waals surface area (Å²) in [5.74, 6) is -1.34. The first-order valence-corrected chi connectivity index (χ1v) is 6.56. The molecule has 1 heterocycles. The fourth-order valence-corrected chi connectivity index (χ4v) is 1.76. The predicted molar refractivity (Wildman–Crippen MR) is 72.9 cm³/mol. The van der Waals surface area contributed by atoms with E-state index in [1.165, 1.54) is 49.0 Å². The van der Waals surface area contributed by atoms with E-state index in [1.807, 2.05) is 0 Å². The van der Waals surface area contributed by atoms with Gasteiger partial charge in [0.15, 0.2) is 0 Å². The molecule has 2 aromatic rings. The zero-order valence-corrected chi connectivity index (χ0v) is 12.3. The molecule has 1 aromatic heterocycles. The lowest BCUT2D eigenvalue weighted by Crippen LogP contribution is -2.28. The lowest BCUT2D eigenvalue weighted by Gasteiger charge is -2.14. The van der Waals surface area contributed by atoms with Crippen LogP contribution in [0.3, 0.4) is 0 Å². The fraction of sp³-hybridized carbons (Fsp3) is 0.357. The van der Waals surface area contributed by atoms with Crippen LogP contribution in [0.2, 0.25) is 0 Å². The minimum absolute atomic E-state index is 0.245. The number of carbonyl (C=O) groups is 1. The molecule has 0 aliphatic carbocycles. The van der Waals surface area contributed by atoms with E-state index in [9.17, 15) is 18.0 Å². The Balaban J connectivity index is 2.09. The summed E-state index contributed by atoms with van der Waals surface area (Å²) in [4.78, 5) is 11.2. The Morgan fingerprint density at radius 3 is 2.39 bits per heavy atom. The number of carboxylic acid groups (broad SMARTS) is 1. The van der Waals surface area contributed by atoms with Gasteiger partial charge in [-0.3, -0.25) is 4.79 Å². The smallest absolute Gasteiger partial charge is 0.481 e. The molecule has 0 aliphatic heterocycles. The molecule has 0 spiro atoms. The van der Waals surface area contributed by atoms with Crippen LogP contribution in [0.15, 0.2) is 30.5 Å². The fourth-order valence-electron chi connectivity index (χ4n) is 1.76. The van der Waals surface area contributed by atoms with Gasteiger partial charge in [-0.2, -0.15) is 0 Å². The number of rotatable bonds is 5. The topological polar surface area (TPSA) is 77.2 Å². The Labute approximate surface area is 129 Å². The molecule has 1 aromatic carbocycles. The summed E-state index contributed by atoms with van der Waals surface area (Å²) in [5, 5.41) is 16.8. The number of aliphatic carboxylic acids is 1. The summed E-state index contributed by atoms with van der Waals surface area (Å²) < 4.78 is 41.4. The SMILES string of the molecule is CC(C)(C(=O)O)c1cn(Cc2ccc(OC(F)(F)F)cc2)nn1. The number of hydrogen-bond donors (Lipinski definition) is 1. The van der Waals surface area contributed by atoms with Gasteiger partial charge in [-0.1, -0.05) is 17.3 Å². The van der Waals surface area contributed by atoms with Gasteiger partial charge in [0.1, 0.15) is 11.2 Å². The minimum atomic E-state index is -4.73. The van der Waals surface area contributed by atoms with Crippen molar-refractivity contribution in [3.63, 3.8) is 0 Å². The Morgan fingerprint density at radius 1 is 1.26 bits per heavy atom. The van der Waals surface area contributed by atoms with E-state index >= 15 is 0 Å². The molecule has 0 aliphatic rings. The van der Waals surface area contributed by atoms with Crippen molar-refractivity contribution in [2.24, 2.45) is 0 Å². The van der Waals surface area contributed by atoms with Crippen LogP contribution in [-0.4, -0.2) is 32.4 Å². The summed E-state index contributed by atoms with van der Waals surface area (Å²) in [6, 6.07) is 5.32. The van der Waals surface area contributed by atoms with Crippen molar-refractivity contribution in [3.05, 3.63) is 41.7 Å². The minimum Gasteiger partial charge on any atom is -0.481 e. The van der Waals surface area contributed by atoms with E-state index in [1.54, 1.807) is 0 Å². The number of carboxylic acids is 1. The van der Waals surface area contributed by atoms with Gasteiger partial charge in [-0.25, -0.2) is 4.68 Å². The predicted octanol–water partition coefficient (Wildman–Crippen LogP) is 2.59. The molecule has 0 radical (unpaired) electrons. The normalized spacial score (nSPS) is 12.2. The van der Waals surface area contributed by atoms with Crippen LogP contribution in [0.5, 0.6) is 5.75 Å². The molecule has 0 unspecified atom stereocenters. The standard InChI is InChI=1S/C14H14F3N3O3/c1-13(2,12(21)22)11-8-20(19-18-11)7-9-3-5-10(6-4-9)23-14(15,16)17/h3-6,8H,7H2,1-2H3,(H,21,22). The Hall–Kier alpha value is -2.58. The molecule has 23 heavy (non-hydrogen) atoms. The van der Waals surface area contributed by atoms with Crippen LogP contribution in [0.25, 0.3) is 0 Å². The maximum atomic E-state index is 12.1. The first-order chi connectivity index (χ1) is 10.6. The third-order valence-corrected chi connectivity index (χ3v) is 3.22. The molecule has 0 bridgehead atoms. The largest absolute Gasteiger partial charge is 0.573 e. The molecule has 1 N–H and O–H groups in total. The highest BCUT2D eigenvalue weighted by Gasteiger charge is 2.33. The van der Waals surface area contributed by atoms with Gasteiger partial charge in [0, 0.05) is 6.20 Å². The van der Waals surface area contributed by atoms with E-state index in [4.69, 9.17) is 5.11 Å². The molecule has 0 saturated heterocycles. The summed E-state index contributed by atoms with van der Waals surface area (Å²) in [6.45, 7) is 3.26. The van der Waals surface area contributed by atoms with E-state index in [0.717, 1.165) is 0 Å². The Kier molecular flexibility index (Phi) is 4.31. The van der Waals surface area contributed by atoms with Crippen LogP contribution in [0, 0.1) is 0 Å². The van der Waals surface area contributed by atoms with Crippen LogP contribution >= 0.6 is 0 Å². The average Bonchev–Trinajstić information content (AvgIpc) is 2.88. The van der Waals surface area contributed by atoms with Crippen molar-refractivity contribution in [1.29, 1.82) is 0 Å². The number of halogens is 3. The maximum Gasteiger partial charge on any atom is 0.573 e. The highest BCUT2D eigenvalue weighted by Crippen LogP contribution is 2.23. The molecule has 2 rings (SSSR count). The number of ether oxygens (including phenoxy) is 1. The number of nitrogens with zero attached hydrogens (tertiary/aromatic N) is 3. The average molecular weight is 329 g/mol. The number of benzene rings is 1.